The lowest BCUT2D eigenvalue weighted by atomic mass is 9.43. The number of imidazole rings is 1. The van der Waals surface area contributed by atoms with E-state index in [9.17, 15) is 33.9 Å². The van der Waals surface area contributed by atoms with Gasteiger partial charge in [-0.15, -0.1) is 0 Å². The van der Waals surface area contributed by atoms with Gasteiger partial charge in [-0.3, -0.25) is 28.5 Å². The predicted molar refractivity (Wildman–Crippen MR) is 522 cm³/mol. The molecule has 0 amide bonds. The van der Waals surface area contributed by atoms with E-state index < -0.39 is 5.41 Å². The zero-order valence-corrected chi connectivity index (χ0v) is 85.7. The number of carbonyl (C=O) groups excluding carboxylic acids is 6. The molecule has 0 saturated heterocycles. The van der Waals surface area contributed by atoms with Crippen molar-refractivity contribution >= 4 is 52.1 Å². The second-order valence-electron chi connectivity index (χ2n) is 51.6. The summed E-state index contributed by atoms with van der Waals surface area (Å²) >= 11 is 5.53. The summed E-state index contributed by atoms with van der Waals surface area (Å²) in [5.41, 5.74) is 12.2. The molecule has 16 heteroatoms. The molecular weight excluding hydrogens is 1640 g/mol. The molecule has 1 unspecified atom stereocenters. The summed E-state index contributed by atoms with van der Waals surface area (Å²) in [6.07, 6.45) is 60.7. The third-order valence-corrected chi connectivity index (χ3v) is 42.1. The molecule has 0 aliphatic heterocycles. The molecule has 3 aromatic rings. The number of hydrogen-bond donors (Lipinski definition) is 1. The van der Waals surface area contributed by atoms with Crippen molar-refractivity contribution in [2.24, 2.45) is 122 Å². The molecule has 3 aromatic heterocycles. The van der Waals surface area contributed by atoms with Crippen molar-refractivity contribution in [2.75, 3.05) is 0 Å². The molecule has 0 aromatic carbocycles. The van der Waals surface area contributed by atoms with Gasteiger partial charge < -0.3 is 23.7 Å². The smallest absolute Gasteiger partial charge is 0.269 e. The van der Waals surface area contributed by atoms with E-state index in [0.29, 0.717) is 94.4 Å². The van der Waals surface area contributed by atoms with Crippen LogP contribution in [0, 0.1) is 129 Å². The van der Waals surface area contributed by atoms with E-state index in [1.54, 1.807) is 28.2 Å². The van der Waals surface area contributed by atoms with Gasteiger partial charge >= 0.3 is 0 Å². The molecule has 15 nitrogen and oxygen atoms in total. The number of thiocarbonyl (C=S) groups is 1. The summed E-state index contributed by atoms with van der Waals surface area (Å²) in [5.74, 6) is 6.73. The molecule has 1 N–H and O–H groups in total. The minimum atomic E-state index is -0.550. The highest BCUT2D eigenvalue weighted by Gasteiger charge is 2.67. The molecule has 0 bridgehead atoms. The zero-order valence-electron chi connectivity index (χ0n) is 84.9. The molecule has 18 aliphatic carbocycles. The summed E-state index contributed by atoms with van der Waals surface area (Å²) in [7, 11) is 0. The van der Waals surface area contributed by atoms with Gasteiger partial charge in [0.2, 0.25) is 5.70 Å². The van der Waals surface area contributed by atoms with Crippen LogP contribution in [0.2, 0.25) is 0 Å². The lowest BCUT2D eigenvalue weighted by molar-refractivity contribution is -0.143. The van der Waals surface area contributed by atoms with Crippen molar-refractivity contribution in [3.63, 3.8) is 0 Å². The van der Waals surface area contributed by atoms with Crippen LogP contribution in [0.15, 0.2) is 122 Å². The quantitative estimate of drug-likeness (QED) is 0.137. The van der Waals surface area contributed by atoms with Gasteiger partial charge in [0, 0.05) is 104 Å². The second-order valence-corrected chi connectivity index (χ2v) is 51.9. The number of aliphatic hydroxyl groups is 1. The highest BCUT2D eigenvalue weighted by molar-refractivity contribution is 7.80. The second kappa shape index (κ2) is 33.2. The first-order valence-electron chi connectivity index (χ1n) is 51.4. The van der Waals surface area contributed by atoms with E-state index in [1.807, 2.05) is 50.7 Å². The van der Waals surface area contributed by atoms with Gasteiger partial charge in [-0.1, -0.05) is 240 Å². The monoisotopic (exact) mass is 1800 g/mol. The van der Waals surface area contributed by atoms with Gasteiger partial charge in [-0.2, -0.15) is 0 Å². The summed E-state index contributed by atoms with van der Waals surface area (Å²) in [6, 6.07) is 0. The number of rotatable bonds is 1. The number of nitrogens with zero attached hydrogens (tertiary/aromatic N) is 5. The maximum absolute atomic E-state index is 12.6. The molecule has 20 atom stereocenters. The number of carbonyl (C=O) groups is 6. The van der Waals surface area contributed by atoms with E-state index >= 15 is 0 Å². The molecule has 0 spiro atoms. The fourth-order valence-electron chi connectivity index (χ4n) is 34.7. The summed E-state index contributed by atoms with van der Waals surface area (Å²) < 4.78 is 19.4. The first kappa shape index (κ1) is 97.3. The number of ether oxygens (including phenoxy) is 1. The number of aliphatic hydroxyl groups excluding tert-OH is 1. The van der Waals surface area contributed by atoms with Crippen molar-refractivity contribution < 1.29 is 47.7 Å². The molecule has 9 saturated carbocycles. The van der Waals surface area contributed by atoms with Crippen molar-refractivity contribution in [3.05, 3.63) is 147 Å². The van der Waals surface area contributed by atoms with Crippen LogP contribution in [-0.4, -0.2) is 77.1 Å². The number of fused-ring (bicyclic) bond motifs is 20. The molecule has 0 radical (unpaired) electrons. The Morgan fingerprint density at radius 2 is 0.809 bits per heavy atom. The van der Waals surface area contributed by atoms with E-state index in [2.05, 4.69) is 197 Å². The molecule has 712 valence electrons. The van der Waals surface area contributed by atoms with Gasteiger partial charge in [0.05, 0.1) is 25.1 Å². The van der Waals surface area contributed by atoms with Crippen LogP contribution in [0.3, 0.4) is 0 Å². The third kappa shape index (κ3) is 15.4. The van der Waals surface area contributed by atoms with Gasteiger partial charge in [-0.05, 0) is 295 Å². The van der Waals surface area contributed by atoms with Crippen molar-refractivity contribution in [1.29, 1.82) is 0 Å². The zero-order chi connectivity index (χ0) is 95.1. The molecule has 18 aliphatic rings. The van der Waals surface area contributed by atoms with Crippen molar-refractivity contribution in [1.82, 2.24) is 19.9 Å². The van der Waals surface area contributed by atoms with Gasteiger partial charge in [-0.25, -0.2) is 9.83 Å². The Hall–Kier alpha value is -6.83. The topological polar surface area (TPSA) is 206 Å². The number of aromatic nitrogens is 4. The number of ketones is 6. The largest absolute Gasteiger partial charge is 0.466 e. The fraction of sp³-hybridized carbons (Fsp3) is 0.730. The minimum Gasteiger partial charge on any atom is -0.466 e. The minimum absolute atomic E-state index is 0.0232. The Kier molecular flexibility index (Phi) is 24.7. The van der Waals surface area contributed by atoms with Gasteiger partial charge in [0.1, 0.15) is 41.3 Å². The summed E-state index contributed by atoms with van der Waals surface area (Å²) in [4.78, 5) is 81.6. The first-order chi connectivity index (χ1) is 61.0. The Labute approximate surface area is 791 Å². The lowest BCUT2D eigenvalue weighted by Crippen LogP contribution is -2.57. The predicted octanol–water partition coefficient (Wildman–Crippen LogP) is 27.1. The number of Topliss-reactive ketones (excluding diaryl/α,β-unsaturated/α-hetero) is 4. The average molecular weight is 1810 g/mol. The Balaban J connectivity index is 0.000000115. The Bertz CT molecular complexity index is 5360. The third-order valence-electron chi connectivity index (χ3n) is 41.8. The van der Waals surface area contributed by atoms with Crippen LogP contribution < -0.4 is 0 Å². The van der Waals surface area contributed by atoms with Crippen LogP contribution in [0.5, 0.6) is 0 Å². The molecule has 131 heavy (non-hydrogen) atoms. The highest BCUT2D eigenvalue weighted by Crippen LogP contribution is 2.73. The average Bonchev–Trinajstić information content (AvgIpc) is 1.35. The van der Waals surface area contributed by atoms with Crippen LogP contribution >= 0.6 is 12.2 Å². The number of hydrogen-bond acceptors (Lipinski definition) is 14. The van der Waals surface area contributed by atoms with Crippen molar-refractivity contribution in [3.8, 4) is 0 Å². The van der Waals surface area contributed by atoms with Gasteiger partial charge in [0.25, 0.3) is 5.17 Å². The molecule has 21 rings (SSSR count). The molecule has 9 fully saturated rings. The SMILES string of the molecule is CC1(C)C(=O)CC[C@]2(C)C3=CCCC(OC(=S)n4ccnc4)[C@]3(C)CC[C@@H]12.CC1(C)C(=O)CC[C@]2(C)C3=CCCC[C@]3(C)CC[C@@H]12.CC1(C)C(=O)CC[C@]2(C)C3=CCC[C@@H](O)[C@]3(C)CC[C@@H]12.CC1(C)c2oncc2C[C@]2(C)C3=CC(=O)CC[C@]3(C)CC[C@@H]12.CC1(C)c2oncc2C[C@]2(C)C3=CCCC[C@]3(C)CC[C@@H]12.[C-]#[N+]C1=C[C@]2(C)C3=CC(=O)CC[C@]3(C)CC[C@H]2C(C)(C)C1=O. The summed E-state index contributed by atoms with van der Waals surface area (Å²) in [6.45, 7) is 62.0. The molecular formula is C115H161N5O10S. The standard InChI is InChI=1S/C22H30N2O2S.C19H25NO2.C19H23NO2.C19H27NO.C18H28O2.C18H28O/c1-20(2)15-8-10-22(4)16(21(15,3)11-9-17(20)25)6-5-7-18(22)26-19(27)24-13-12-23-14-24;1-17(2)14-6-8-18(3)7-5-13(21)9-15(18)19(14,4)10-12-11-20-22-16(12)17;1-17(2)14-7-9-18(3)8-6-12(21)10-15(18)19(14,4)11-13(20-5)16(17)22;1-17(2)14-8-10-18(3)9-6-5-7-15(18)19(14,4)11-13-12-20-21-16(13)17;1-16(2)12-8-10-18(4)13(6-5-7-15(18)20)17(12,3)11-9-14(16)19;1-16(2)13-8-11-17(3)10-6-5-7-14(17)18(13,4)12-9-15(16)19/h6,12-15,18H,5,7-11H2,1-4H3;9,11,14H,5-8,10H2,1-4H3;10-11,14H,6-9H2,1-4H3;7,12,14H,5-6,8-11H2,1-4H3;6,12,15,20H,5,7-11H2,1-4H3;7,13H,5-6,8-12H2,1-4H3/t15-,18?,21-,22+;3*14-,18+,19-;12-,15+,17-,18+;13-,17+,18-/m000000/s1. The van der Waals surface area contributed by atoms with E-state index in [-0.39, 0.29) is 117 Å². The Morgan fingerprint density at radius 3 is 1.27 bits per heavy atom. The Morgan fingerprint density at radius 1 is 0.420 bits per heavy atom. The van der Waals surface area contributed by atoms with E-state index in [4.69, 9.17) is 32.6 Å². The normalized spacial score (nSPS) is 41.5. The van der Waals surface area contributed by atoms with Crippen LogP contribution in [0.4, 0.5) is 0 Å². The summed E-state index contributed by atoms with van der Waals surface area (Å²) in [5, 5.41) is 19.2. The van der Waals surface area contributed by atoms with E-state index in [0.717, 1.165) is 133 Å². The maximum atomic E-state index is 12.6. The maximum Gasteiger partial charge on any atom is 0.269 e. The van der Waals surface area contributed by atoms with Gasteiger partial charge in [0.15, 0.2) is 17.3 Å². The lowest BCUT2D eigenvalue weighted by Gasteiger charge is -2.61. The first-order valence-corrected chi connectivity index (χ1v) is 51.8. The van der Waals surface area contributed by atoms with Crippen LogP contribution in [-0.2, 0) is 57.2 Å². The van der Waals surface area contributed by atoms with Crippen molar-refractivity contribution in [2.45, 2.75) is 408 Å². The van der Waals surface area contributed by atoms with Crippen LogP contribution in [0.1, 0.15) is 394 Å². The van der Waals surface area contributed by atoms with Crippen LogP contribution in [0.25, 0.3) is 4.85 Å². The molecule has 3 heterocycles. The fourth-order valence-corrected chi connectivity index (χ4v) is 34.9. The number of allylic oxidation sites excluding steroid dienone is 12. The highest BCUT2D eigenvalue weighted by atomic mass is 32.1. The van der Waals surface area contributed by atoms with E-state index in [1.165, 1.54) is 105 Å².